The predicted molar refractivity (Wildman–Crippen MR) is 59.4 cm³/mol. The molecule has 1 unspecified atom stereocenters. The molecular formula is C12H15F2NO2. The van der Waals surface area contributed by atoms with Crippen LogP contribution < -0.4 is 14.8 Å². The number of hydrogen-bond acceptors (Lipinski definition) is 3. The largest absolute Gasteiger partial charge is 0.497 e. The van der Waals surface area contributed by atoms with Crippen molar-refractivity contribution in [1.29, 1.82) is 0 Å². The van der Waals surface area contributed by atoms with E-state index in [1.165, 1.54) is 7.11 Å². The van der Waals surface area contributed by atoms with Crippen LogP contribution in [0.3, 0.4) is 0 Å². The fourth-order valence-electron chi connectivity index (χ4n) is 1.85. The first-order chi connectivity index (χ1) is 8.20. The molecule has 1 aromatic rings. The summed E-state index contributed by atoms with van der Waals surface area (Å²) in [7, 11) is 1.36. The molecule has 2 rings (SSSR count). The van der Waals surface area contributed by atoms with Crippen LogP contribution in [0.25, 0.3) is 0 Å². The molecule has 17 heavy (non-hydrogen) atoms. The van der Waals surface area contributed by atoms with E-state index in [9.17, 15) is 8.78 Å². The highest BCUT2D eigenvalue weighted by Gasteiger charge is 2.20. The van der Waals surface area contributed by atoms with Crippen LogP contribution in [-0.4, -0.2) is 26.3 Å². The molecule has 1 aliphatic heterocycles. The third-order valence-electron chi connectivity index (χ3n) is 2.74. The summed E-state index contributed by atoms with van der Waals surface area (Å²) < 4.78 is 37.3. The molecule has 0 radical (unpaired) electrons. The topological polar surface area (TPSA) is 30.5 Å². The highest BCUT2D eigenvalue weighted by atomic mass is 19.1. The lowest BCUT2D eigenvalue weighted by Gasteiger charge is -2.24. The summed E-state index contributed by atoms with van der Waals surface area (Å²) in [5.41, 5.74) is 0. The third-order valence-corrected chi connectivity index (χ3v) is 2.74. The first-order valence-electron chi connectivity index (χ1n) is 5.61. The number of benzene rings is 1. The molecule has 0 bridgehead atoms. The molecule has 5 heteroatoms. The number of hydrogen-bond donors (Lipinski definition) is 1. The van der Waals surface area contributed by atoms with Crippen LogP contribution in [0.4, 0.5) is 8.78 Å². The lowest BCUT2D eigenvalue weighted by Crippen LogP contribution is -2.37. The minimum atomic E-state index is -0.729. The summed E-state index contributed by atoms with van der Waals surface area (Å²) in [5, 5.41) is 3.12. The van der Waals surface area contributed by atoms with Crippen molar-refractivity contribution in [2.24, 2.45) is 0 Å². The average Bonchev–Trinajstić information content (AvgIpc) is 2.35. The molecule has 1 saturated heterocycles. The zero-order chi connectivity index (χ0) is 12.3. The third kappa shape index (κ3) is 2.85. The van der Waals surface area contributed by atoms with Crippen molar-refractivity contribution in [2.45, 2.75) is 18.9 Å². The van der Waals surface area contributed by atoms with Gasteiger partial charge >= 0.3 is 0 Å². The molecule has 1 aromatic carbocycles. The van der Waals surface area contributed by atoms with Crippen LogP contribution in [0.2, 0.25) is 0 Å². The van der Waals surface area contributed by atoms with Crippen LogP contribution in [0.1, 0.15) is 12.8 Å². The van der Waals surface area contributed by atoms with Crippen molar-refractivity contribution >= 4 is 0 Å². The Hall–Kier alpha value is -1.36. The van der Waals surface area contributed by atoms with Gasteiger partial charge in [-0.05, 0) is 19.4 Å². The molecule has 1 aliphatic rings. The van der Waals surface area contributed by atoms with Crippen LogP contribution >= 0.6 is 0 Å². The van der Waals surface area contributed by atoms with Gasteiger partial charge in [0.05, 0.1) is 7.11 Å². The summed E-state index contributed by atoms with van der Waals surface area (Å²) in [5.74, 6) is -1.63. The monoisotopic (exact) mass is 243 g/mol. The van der Waals surface area contributed by atoms with E-state index >= 15 is 0 Å². The van der Waals surface area contributed by atoms with Crippen LogP contribution in [0.15, 0.2) is 12.1 Å². The van der Waals surface area contributed by atoms with Gasteiger partial charge in [-0.2, -0.15) is 0 Å². The van der Waals surface area contributed by atoms with Gasteiger partial charge in [-0.25, -0.2) is 8.78 Å². The number of halogens is 2. The van der Waals surface area contributed by atoms with E-state index in [2.05, 4.69) is 5.32 Å². The Kier molecular flexibility index (Phi) is 3.78. The Bertz CT molecular complexity index is 369. The summed E-state index contributed by atoms with van der Waals surface area (Å²) in [6.45, 7) is 1.54. The predicted octanol–water partition coefficient (Wildman–Crippen LogP) is 2.10. The Balaban J connectivity index is 2.14. The molecule has 0 spiro atoms. The molecule has 1 N–H and O–H groups in total. The van der Waals surface area contributed by atoms with Crippen LogP contribution in [-0.2, 0) is 0 Å². The highest BCUT2D eigenvalue weighted by Crippen LogP contribution is 2.28. The van der Waals surface area contributed by atoms with E-state index in [0.29, 0.717) is 6.54 Å². The van der Waals surface area contributed by atoms with Crippen molar-refractivity contribution in [3.05, 3.63) is 23.8 Å². The second-order valence-corrected chi connectivity index (χ2v) is 4.01. The SMILES string of the molecule is COc1cc(F)c(OC2CCCNC2)c(F)c1. The number of piperidine rings is 1. The minimum absolute atomic E-state index is 0.147. The molecule has 0 amide bonds. The Morgan fingerprint density at radius 2 is 2.00 bits per heavy atom. The van der Waals surface area contributed by atoms with Gasteiger partial charge in [0, 0.05) is 18.7 Å². The second kappa shape index (κ2) is 5.31. The quantitative estimate of drug-likeness (QED) is 0.882. The molecule has 0 aromatic heterocycles. The van der Waals surface area contributed by atoms with Gasteiger partial charge in [0.25, 0.3) is 0 Å². The molecule has 0 saturated carbocycles. The van der Waals surface area contributed by atoms with Crippen molar-refractivity contribution in [3.63, 3.8) is 0 Å². The molecule has 0 aliphatic carbocycles. The van der Waals surface area contributed by atoms with E-state index in [4.69, 9.17) is 9.47 Å². The minimum Gasteiger partial charge on any atom is -0.497 e. The van der Waals surface area contributed by atoms with Gasteiger partial charge in [-0.15, -0.1) is 0 Å². The van der Waals surface area contributed by atoms with Crippen molar-refractivity contribution < 1.29 is 18.3 Å². The number of rotatable bonds is 3. The molecule has 1 heterocycles. The van der Waals surface area contributed by atoms with E-state index < -0.39 is 11.6 Å². The first kappa shape index (κ1) is 12.1. The maximum atomic E-state index is 13.6. The summed E-state index contributed by atoms with van der Waals surface area (Å²) >= 11 is 0. The lowest BCUT2D eigenvalue weighted by molar-refractivity contribution is 0.153. The lowest BCUT2D eigenvalue weighted by atomic mass is 10.1. The van der Waals surface area contributed by atoms with Gasteiger partial charge in [0.15, 0.2) is 17.4 Å². The summed E-state index contributed by atoms with van der Waals surface area (Å²) in [6, 6.07) is 2.24. The van der Waals surface area contributed by atoms with E-state index in [0.717, 1.165) is 31.5 Å². The number of methoxy groups -OCH3 is 1. The van der Waals surface area contributed by atoms with Gasteiger partial charge in [-0.3, -0.25) is 0 Å². The average molecular weight is 243 g/mol. The smallest absolute Gasteiger partial charge is 0.191 e. The summed E-state index contributed by atoms with van der Waals surface area (Å²) in [4.78, 5) is 0. The van der Waals surface area contributed by atoms with Gasteiger partial charge in [0.2, 0.25) is 0 Å². The zero-order valence-corrected chi connectivity index (χ0v) is 9.63. The number of ether oxygens (including phenoxy) is 2. The Labute approximate surface area is 98.7 Å². The van der Waals surface area contributed by atoms with Gasteiger partial charge in [-0.1, -0.05) is 0 Å². The standard InChI is InChI=1S/C12H15F2NO2/c1-16-9-5-10(13)12(11(14)6-9)17-8-3-2-4-15-7-8/h5-6,8,15H,2-4,7H2,1H3. The van der Waals surface area contributed by atoms with Crippen LogP contribution in [0, 0.1) is 11.6 Å². The molecule has 1 fully saturated rings. The number of nitrogens with one attached hydrogen (secondary N) is 1. The van der Waals surface area contributed by atoms with Crippen molar-refractivity contribution in [1.82, 2.24) is 5.32 Å². The molecule has 3 nitrogen and oxygen atoms in total. The molecular weight excluding hydrogens is 228 g/mol. The van der Waals surface area contributed by atoms with E-state index in [1.807, 2.05) is 0 Å². The van der Waals surface area contributed by atoms with Gasteiger partial charge < -0.3 is 14.8 Å². The van der Waals surface area contributed by atoms with E-state index in [-0.39, 0.29) is 17.6 Å². The Morgan fingerprint density at radius 1 is 1.29 bits per heavy atom. The van der Waals surface area contributed by atoms with Crippen molar-refractivity contribution in [3.8, 4) is 11.5 Å². The maximum Gasteiger partial charge on any atom is 0.191 e. The highest BCUT2D eigenvalue weighted by molar-refractivity contribution is 5.35. The second-order valence-electron chi connectivity index (χ2n) is 4.01. The maximum absolute atomic E-state index is 13.6. The summed E-state index contributed by atoms with van der Waals surface area (Å²) in [6.07, 6.45) is 1.57. The zero-order valence-electron chi connectivity index (χ0n) is 9.63. The van der Waals surface area contributed by atoms with Crippen molar-refractivity contribution in [2.75, 3.05) is 20.2 Å². The fourth-order valence-corrected chi connectivity index (χ4v) is 1.85. The normalized spacial score (nSPS) is 20.1. The van der Waals surface area contributed by atoms with E-state index in [1.54, 1.807) is 0 Å². The Morgan fingerprint density at radius 3 is 2.53 bits per heavy atom. The van der Waals surface area contributed by atoms with Gasteiger partial charge in [0.1, 0.15) is 11.9 Å². The first-order valence-corrected chi connectivity index (χ1v) is 5.61. The molecule has 1 atom stereocenters. The fraction of sp³-hybridized carbons (Fsp3) is 0.500. The molecule has 94 valence electrons. The van der Waals surface area contributed by atoms with Crippen LogP contribution in [0.5, 0.6) is 11.5 Å².